The molecule has 0 N–H and O–H groups in total. The fourth-order valence-electron chi connectivity index (χ4n) is 3.79. The lowest BCUT2D eigenvalue weighted by atomic mass is 10.0. The molecule has 0 aliphatic carbocycles. The Kier molecular flexibility index (Phi) is 8.21. The second-order valence-corrected chi connectivity index (χ2v) is 7.46. The quantitative estimate of drug-likeness (QED) is 0.521. The summed E-state index contributed by atoms with van der Waals surface area (Å²) in [6, 6.07) is 21.5. The number of nitrogens with zero attached hydrogens (tertiary/aromatic N) is 1. The summed E-state index contributed by atoms with van der Waals surface area (Å²) < 4.78 is 6.31. The summed E-state index contributed by atoms with van der Waals surface area (Å²) in [6.07, 6.45) is 8.70. The maximum Gasteiger partial charge on any atom is 0.0618 e. The number of ether oxygens (including phenoxy) is 1. The van der Waals surface area contributed by atoms with Crippen LogP contribution in [0.4, 0.5) is 0 Å². The minimum absolute atomic E-state index is 0.310. The molecular weight excluding hydrogens is 318 g/mol. The van der Waals surface area contributed by atoms with Crippen LogP contribution in [0.1, 0.15) is 43.2 Å². The minimum Gasteiger partial charge on any atom is -0.378 e. The highest BCUT2D eigenvalue weighted by Crippen LogP contribution is 2.14. The van der Waals surface area contributed by atoms with Gasteiger partial charge < -0.3 is 9.64 Å². The summed E-state index contributed by atoms with van der Waals surface area (Å²) in [5.41, 5.74) is 2.78. The van der Waals surface area contributed by atoms with E-state index in [9.17, 15) is 0 Å². The van der Waals surface area contributed by atoms with E-state index < -0.39 is 0 Å². The average molecular weight is 352 g/mol. The van der Waals surface area contributed by atoms with Gasteiger partial charge in [-0.1, -0.05) is 60.7 Å². The molecule has 2 aromatic rings. The maximum absolute atomic E-state index is 6.31. The normalized spacial score (nSPS) is 16.0. The van der Waals surface area contributed by atoms with Crippen molar-refractivity contribution in [1.29, 1.82) is 0 Å². The Bertz CT molecular complexity index is 592. The topological polar surface area (TPSA) is 12.5 Å². The van der Waals surface area contributed by atoms with Crippen molar-refractivity contribution in [2.75, 3.05) is 26.2 Å². The van der Waals surface area contributed by atoms with E-state index in [1.807, 2.05) is 0 Å². The van der Waals surface area contributed by atoms with Gasteiger partial charge in [-0.25, -0.2) is 0 Å². The summed E-state index contributed by atoms with van der Waals surface area (Å²) in [4.78, 5) is 2.59. The monoisotopic (exact) mass is 351 g/mol. The van der Waals surface area contributed by atoms with Gasteiger partial charge in [0.2, 0.25) is 0 Å². The van der Waals surface area contributed by atoms with Crippen LogP contribution in [0.5, 0.6) is 0 Å². The second kappa shape index (κ2) is 11.2. The van der Waals surface area contributed by atoms with Crippen molar-refractivity contribution < 1.29 is 4.74 Å². The van der Waals surface area contributed by atoms with Crippen LogP contribution in [0, 0.1) is 0 Å². The molecule has 2 heteroatoms. The van der Waals surface area contributed by atoms with Gasteiger partial charge in [0.05, 0.1) is 6.10 Å². The molecule has 1 heterocycles. The largest absolute Gasteiger partial charge is 0.378 e. The zero-order valence-corrected chi connectivity index (χ0v) is 16.0. The number of aryl methyl sites for hydroxylation is 1. The van der Waals surface area contributed by atoms with E-state index in [1.54, 1.807) is 0 Å². The Morgan fingerprint density at radius 3 is 2.15 bits per heavy atom. The van der Waals surface area contributed by atoms with Crippen LogP contribution in [0.25, 0.3) is 0 Å². The van der Waals surface area contributed by atoms with Crippen LogP contribution in [0.2, 0.25) is 0 Å². The van der Waals surface area contributed by atoms with Crippen molar-refractivity contribution in [3.8, 4) is 0 Å². The molecule has 0 saturated carbocycles. The predicted molar refractivity (Wildman–Crippen MR) is 110 cm³/mol. The molecule has 0 bridgehead atoms. The van der Waals surface area contributed by atoms with E-state index in [1.165, 1.54) is 56.4 Å². The van der Waals surface area contributed by atoms with Crippen molar-refractivity contribution in [2.24, 2.45) is 0 Å². The SMILES string of the molecule is c1ccc(CCC(Cc2ccccc2)OCCCCN2CCCC2)cc1. The lowest BCUT2D eigenvalue weighted by Gasteiger charge is -2.19. The zero-order chi connectivity index (χ0) is 17.9. The van der Waals surface area contributed by atoms with Crippen LogP contribution in [0.15, 0.2) is 60.7 Å². The maximum atomic E-state index is 6.31. The molecule has 0 radical (unpaired) electrons. The molecule has 0 aromatic heterocycles. The summed E-state index contributed by atoms with van der Waals surface area (Å²) in [5.74, 6) is 0. The molecule has 1 unspecified atom stereocenters. The first-order valence-electron chi connectivity index (χ1n) is 10.3. The molecule has 2 nitrogen and oxygen atoms in total. The molecule has 0 spiro atoms. The van der Waals surface area contributed by atoms with E-state index in [4.69, 9.17) is 4.74 Å². The minimum atomic E-state index is 0.310. The Balaban J connectivity index is 1.42. The second-order valence-electron chi connectivity index (χ2n) is 7.46. The Hall–Kier alpha value is -1.64. The van der Waals surface area contributed by atoms with E-state index in [0.29, 0.717) is 6.10 Å². The van der Waals surface area contributed by atoms with E-state index in [-0.39, 0.29) is 0 Å². The molecule has 1 atom stereocenters. The molecule has 1 fully saturated rings. The number of benzene rings is 2. The highest BCUT2D eigenvalue weighted by atomic mass is 16.5. The van der Waals surface area contributed by atoms with E-state index in [2.05, 4.69) is 65.6 Å². The third kappa shape index (κ3) is 6.93. The van der Waals surface area contributed by atoms with Gasteiger partial charge in [0.1, 0.15) is 0 Å². The molecule has 1 aliphatic rings. The lowest BCUT2D eigenvalue weighted by molar-refractivity contribution is 0.0446. The van der Waals surface area contributed by atoms with Crippen molar-refractivity contribution in [2.45, 2.75) is 51.0 Å². The highest BCUT2D eigenvalue weighted by Gasteiger charge is 2.12. The fourth-order valence-corrected chi connectivity index (χ4v) is 3.79. The molecule has 140 valence electrons. The van der Waals surface area contributed by atoms with Crippen LogP contribution < -0.4 is 0 Å². The molecular formula is C24H33NO. The summed E-state index contributed by atoms with van der Waals surface area (Å²) in [6.45, 7) is 4.74. The number of hydrogen-bond donors (Lipinski definition) is 0. The van der Waals surface area contributed by atoms with Crippen molar-refractivity contribution >= 4 is 0 Å². The number of unbranched alkanes of at least 4 members (excludes halogenated alkanes) is 1. The van der Waals surface area contributed by atoms with Gasteiger partial charge in [-0.05, 0) is 75.7 Å². The molecule has 2 aromatic carbocycles. The van der Waals surface area contributed by atoms with E-state index >= 15 is 0 Å². The highest BCUT2D eigenvalue weighted by molar-refractivity contribution is 5.17. The molecule has 0 amide bonds. The van der Waals surface area contributed by atoms with Gasteiger partial charge in [0, 0.05) is 6.61 Å². The first-order valence-corrected chi connectivity index (χ1v) is 10.3. The fraction of sp³-hybridized carbons (Fsp3) is 0.500. The van der Waals surface area contributed by atoms with Crippen molar-refractivity contribution in [3.05, 3.63) is 71.8 Å². The average Bonchev–Trinajstić information content (AvgIpc) is 3.21. The van der Waals surface area contributed by atoms with Gasteiger partial charge in [-0.15, -0.1) is 0 Å². The third-order valence-corrected chi connectivity index (χ3v) is 5.32. The lowest BCUT2D eigenvalue weighted by Crippen LogP contribution is -2.22. The zero-order valence-electron chi connectivity index (χ0n) is 16.0. The predicted octanol–water partition coefficient (Wildman–Crippen LogP) is 5.12. The van der Waals surface area contributed by atoms with Crippen molar-refractivity contribution in [1.82, 2.24) is 4.90 Å². The molecule has 3 rings (SSSR count). The Morgan fingerprint density at radius 1 is 0.808 bits per heavy atom. The van der Waals surface area contributed by atoms with Crippen molar-refractivity contribution in [3.63, 3.8) is 0 Å². The number of likely N-dealkylation sites (tertiary alicyclic amines) is 1. The third-order valence-electron chi connectivity index (χ3n) is 5.32. The Morgan fingerprint density at radius 2 is 1.46 bits per heavy atom. The van der Waals surface area contributed by atoms with Gasteiger partial charge in [-0.3, -0.25) is 0 Å². The van der Waals surface area contributed by atoms with Crippen LogP contribution in [-0.2, 0) is 17.6 Å². The standard InChI is InChI=1S/C24H33NO/c1-3-11-22(12-4-1)15-16-24(21-23-13-5-2-6-14-23)26-20-10-9-19-25-17-7-8-18-25/h1-6,11-14,24H,7-10,15-21H2. The van der Waals surface area contributed by atoms with E-state index in [0.717, 1.165) is 25.9 Å². The first kappa shape index (κ1) is 19.1. The number of hydrogen-bond acceptors (Lipinski definition) is 2. The van der Waals surface area contributed by atoms with Gasteiger partial charge in [0.25, 0.3) is 0 Å². The van der Waals surface area contributed by atoms with Crippen LogP contribution in [0.3, 0.4) is 0 Å². The summed E-state index contributed by atoms with van der Waals surface area (Å²) in [5, 5.41) is 0. The Labute approximate surface area is 159 Å². The smallest absolute Gasteiger partial charge is 0.0618 e. The van der Waals surface area contributed by atoms with Crippen LogP contribution >= 0.6 is 0 Å². The first-order chi connectivity index (χ1) is 12.9. The molecule has 1 aliphatic heterocycles. The van der Waals surface area contributed by atoms with Gasteiger partial charge >= 0.3 is 0 Å². The van der Waals surface area contributed by atoms with Crippen LogP contribution in [-0.4, -0.2) is 37.2 Å². The molecule has 1 saturated heterocycles. The molecule has 26 heavy (non-hydrogen) atoms. The summed E-state index contributed by atoms with van der Waals surface area (Å²) >= 11 is 0. The summed E-state index contributed by atoms with van der Waals surface area (Å²) in [7, 11) is 0. The van der Waals surface area contributed by atoms with Gasteiger partial charge in [-0.2, -0.15) is 0 Å². The van der Waals surface area contributed by atoms with Gasteiger partial charge in [0.15, 0.2) is 0 Å². The number of rotatable bonds is 11.